The van der Waals surface area contributed by atoms with Gasteiger partial charge in [-0.25, -0.2) is 13.6 Å². The number of carbonyl (C=O) groups is 1. The van der Waals surface area contributed by atoms with Crippen LogP contribution in [0.2, 0.25) is 0 Å². The molecule has 7 heteroatoms. The minimum absolute atomic E-state index is 0.0580. The third-order valence-corrected chi connectivity index (χ3v) is 3.62. The summed E-state index contributed by atoms with van der Waals surface area (Å²) in [5.41, 5.74) is 0.824. The minimum atomic E-state index is -3.68. The van der Waals surface area contributed by atoms with Crippen molar-refractivity contribution in [3.63, 3.8) is 0 Å². The molecule has 0 fully saturated rings. The molecule has 0 radical (unpaired) electrons. The molecule has 19 heavy (non-hydrogen) atoms. The Morgan fingerprint density at radius 3 is 2.37 bits per heavy atom. The number of hydrogen-bond acceptors (Lipinski definition) is 4. The lowest BCUT2D eigenvalue weighted by Gasteiger charge is -2.14. The van der Waals surface area contributed by atoms with Crippen LogP contribution in [0.25, 0.3) is 0 Å². The molecule has 0 bridgehead atoms. The maximum Gasteiger partial charge on any atom is 0.238 e. The van der Waals surface area contributed by atoms with Gasteiger partial charge in [-0.1, -0.05) is 12.1 Å². The minimum Gasteiger partial charge on any atom is -0.350 e. The molecule has 1 unspecified atom stereocenters. The van der Waals surface area contributed by atoms with Crippen LogP contribution in [0.1, 0.15) is 24.9 Å². The molecule has 0 aliphatic heterocycles. The first-order valence-corrected chi connectivity index (χ1v) is 7.46. The average Bonchev–Trinajstić information content (AvgIpc) is 2.35. The van der Waals surface area contributed by atoms with E-state index in [2.05, 4.69) is 10.6 Å². The van der Waals surface area contributed by atoms with E-state index < -0.39 is 10.0 Å². The van der Waals surface area contributed by atoms with Crippen molar-refractivity contribution in [2.45, 2.75) is 24.3 Å². The van der Waals surface area contributed by atoms with Crippen LogP contribution in [-0.2, 0) is 14.8 Å². The SMILES string of the molecule is CNCCC(=O)NC(C)c1ccc(S(N)(=O)=O)cc1. The van der Waals surface area contributed by atoms with Gasteiger partial charge < -0.3 is 10.6 Å². The summed E-state index contributed by atoms with van der Waals surface area (Å²) in [6.45, 7) is 2.45. The summed E-state index contributed by atoms with van der Waals surface area (Å²) in [5, 5.41) is 10.7. The van der Waals surface area contributed by atoms with Crippen LogP contribution in [0.3, 0.4) is 0 Å². The first kappa shape index (κ1) is 15.6. The summed E-state index contributed by atoms with van der Waals surface area (Å²) in [6, 6.07) is 5.96. The fourth-order valence-corrected chi connectivity index (χ4v) is 2.10. The Bertz CT molecular complexity index is 526. The Balaban J connectivity index is 2.68. The largest absolute Gasteiger partial charge is 0.350 e. The molecule has 1 aromatic rings. The highest BCUT2D eigenvalue weighted by Crippen LogP contribution is 2.15. The highest BCUT2D eigenvalue weighted by molar-refractivity contribution is 7.89. The zero-order valence-corrected chi connectivity index (χ0v) is 11.8. The lowest BCUT2D eigenvalue weighted by molar-refractivity contribution is -0.121. The topological polar surface area (TPSA) is 101 Å². The van der Waals surface area contributed by atoms with Gasteiger partial charge in [0.1, 0.15) is 0 Å². The predicted octanol–water partition coefficient (Wildman–Crippen LogP) is 0.121. The number of hydrogen-bond donors (Lipinski definition) is 3. The summed E-state index contributed by atoms with van der Waals surface area (Å²) in [4.78, 5) is 11.6. The Labute approximate surface area is 113 Å². The Morgan fingerprint density at radius 2 is 1.89 bits per heavy atom. The van der Waals surface area contributed by atoms with Gasteiger partial charge in [-0.15, -0.1) is 0 Å². The van der Waals surface area contributed by atoms with Gasteiger partial charge in [-0.2, -0.15) is 0 Å². The van der Waals surface area contributed by atoms with Gasteiger partial charge in [0.25, 0.3) is 0 Å². The van der Waals surface area contributed by atoms with Crippen molar-refractivity contribution < 1.29 is 13.2 Å². The molecule has 0 spiro atoms. The summed E-state index contributed by atoms with van der Waals surface area (Å²) in [6.07, 6.45) is 0.399. The number of sulfonamides is 1. The molecule has 106 valence electrons. The highest BCUT2D eigenvalue weighted by atomic mass is 32.2. The molecular weight excluding hydrogens is 266 g/mol. The molecule has 0 aliphatic carbocycles. The van der Waals surface area contributed by atoms with Crippen LogP contribution in [-0.4, -0.2) is 27.9 Å². The number of nitrogens with one attached hydrogen (secondary N) is 2. The fraction of sp³-hybridized carbons (Fsp3) is 0.417. The van der Waals surface area contributed by atoms with Gasteiger partial charge in [-0.05, 0) is 31.7 Å². The summed E-state index contributed by atoms with van der Waals surface area (Å²) < 4.78 is 22.2. The number of carbonyl (C=O) groups excluding carboxylic acids is 1. The van der Waals surface area contributed by atoms with Crippen LogP contribution in [0, 0.1) is 0 Å². The third kappa shape index (κ3) is 4.98. The van der Waals surface area contributed by atoms with Gasteiger partial charge in [0.05, 0.1) is 10.9 Å². The molecule has 1 amide bonds. The van der Waals surface area contributed by atoms with E-state index in [-0.39, 0.29) is 16.8 Å². The Hall–Kier alpha value is -1.44. The van der Waals surface area contributed by atoms with Gasteiger partial charge >= 0.3 is 0 Å². The number of primary sulfonamides is 1. The lowest BCUT2D eigenvalue weighted by atomic mass is 10.1. The Kier molecular flexibility index (Phi) is 5.46. The van der Waals surface area contributed by atoms with Gasteiger partial charge in [0.15, 0.2) is 0 Å². The van der Waals surface area contributed by atoms with E-state index in [1.807, 2.05) is 6.92 Å². The normalized spacial score (nSPS) is 13.0. The maximum absolute atomic E-state index is 11.5. The van der Waals surface area contributed by atoms with Crippen molar-refractivity contribution in [3.8, 4) is 0 Å². The zero-order valence-electron chi connectivity index (χ0n) is 11.0. The van der Waals surface area contributed by atoms with E-state index in [0.29, 0.717) is 13.0 Å². The standard InChI is InChI=1S/C12H19N3O3S/c1-9(15-12(16)7-8-14-2)10-3-5-11(6-4-10)19(13,17)18/h3-6,9,14H,7-8H2,1-2H3,(H,15,16)(H2,13,17,18). The van der Waals surface area contributed by atoms with Crippen molar-refractivity contribution in [2.24, 2.45) is 5.14 Å². The number of rotatable bonds is 6. The van der Waals surface area contributed by atoms with Gasteiger partial charge in [0.2, 0.25) is 15.9 Å². The third-order valence-electron chi connectivity index (χ3n) is 2.69. The van der Waals surface area contributed by atoms with Crippen LogP contribution >= 0.6 is 0 Å². The number of amides is 1. The molecule has 4 N–H and O–H groups in total. The Morgan fingerprint density at radius 1 is 1.32 bits per heavy atom. The van der Waals surface area contributed by atoms with Crippen LogP contribution in [0.5, 0.6) is 0 Å². The van der Waals surface area contributed by atoms with Crippen molar-refractivity contribution in [2.75, 3.05) is 13.6 Å². The monoisotopic (exact) mass is 285 g/mol. The van der Waals surface area contributed by atoms with Crippen LogP contribution < -0.4 is 15.8 Å². The smallest absolute Gasteiger partial charge is 0.238 e. The second kappa shape index (κ2) is 6.65. The van der Waals surface area contributed by atoms with E-state index in [4.69, 9.17) is 5.14 Å². The summed E-state index contributed by atoms with van der Waals surface area (Å²) in [5.74, 6) is -0.0580. The van der Waals surface area contributed by atoms with E-state index in [0.717, 1.165) is 5.56 Å². The van der Waals surface area contributed by atoms with Crippen molar-refractivity contribution in [1.29, 1.82) is 0 Å². The predicted molar refractivity (Wildman–Crippen MR) is 72.9 cm³/mol. The second-order valence-corrected chi connectivity index (χ2v) is 5.82. The zero-order chi connectivity index (χ0) is 14.5. The summed E-state index contributed by atoms with van der Waals surface area (Å²) in [7, 11) is -1.90. The average molecular weight is 285 g/mol. The van der Waals surface area contributed by atoms with Crippen LogP contribution in [0.15, 0.2) is 29.2 Å². The van der Waals surface area contributed by atoms with Crippen molar-refractivity contribution in [1.82, 2.24) is 10.6 Å². The molecule has 6 nitrogen and oxygen atoms in total. The van der Waals surface area contributed by atoms with E-state index in [1.54, 1.807) is 19.2 Å². The van der Waals surface area contributed by atoms with Crippen LogP contribution in [0.4, 0.5) is 0 Å². The first-order chi connectivity index (χ1) is 8.84. The molecule has 0 saturated carbocycles. The number of benzene rings is 1. The van der Waals surface area contributed by atoms with Gasteiger partial charge in [-0.3, -0.25) is 4.79 Å². The molecule has 1 aromatic carbocycles. The fourth-order valence-electron chi connectivity index (χ4n) is 1.58. The molecule has 0 aromatic heterocycles. The molecule has 0 aliphatic rings. The molecule has 1 atom stereocenters. The second-order valence-electron chi connectivity index (χ2n) is 4.26. The number of nitrogens with two attached hydrogens (primary N) is 1. The van der Waals surface area contributed by atoms with E-state index in [9.17, 15) is 13.2 Å². The first-order valence-electron chi connectivity index (χ1n) is 5.91. The van der Waals surface area contributed by atoms with Crippen molar-refractivity contribution >= 4 is 15.9 Å². The van der Waals surface area contributed by atoms with Gasteiger partial charge in [0, 0.05) is 13.0 Å². The van der Waals surface area contributed by atoms with E-state index in [1.165, 1.54) is 12.1 Å². The highest BCUT2D eigenvalue weighted by Gasteiger charge is 2.11. The maximum atomic E-state index is 11.5. The molecule has 0 saturated heterocycles. The molecule has 1 rings (SSSR count). The van der Waals surface area contributed by atoms with Crippen molar-refractivity contribution in [3.05, 3.63) is 29.8 Å². The molecular formula is C12H19N3O3S. The summed E-state index contributed by atoms with van der Waals surface area (Å²) >= 11 is 0. The molecule has 0 heterocycles. The van der Waals surface area contributed by atoms with E-state index >= 15 is 0 Å². The quantitative estimate of drug-likeness (QED) is 0.691. The lowest BCUT2D eigenvalue weighted by Crippen LogP contribution is -2.29.